The van der Waals surface area contributed by atoms with Gasteiger partial charge in [0.05, 0.1) is 5.56 Å². The Morgan fingerprint density at radius 1 is 1.38 bits per heavy atom. The van der Waals surface area contributed by atoms with Gasteiger partial charge in [0.1, 0.15) is 6.54 Å². The molecule has 0 aliphatic heterocycles. The van der Waals surface area contributed by atoms with Crippen LogP contribution in [0.4, 0.5) is 0 Å². The van der Waals surface area contributed by atoms with Gasteiger partial charge in [-0.05, 0) is 6.92 Å². The van der Waals surface area contributed by atoms with Crippen molar-refractivity contribution in [3.63, 3.8) is 0 Å². The smallest absolute Gasteiger partial charge is 0.331 e. The number of aromatic nitrogens is 4. The van der Waals surface area contributed by atoms with Crippen LogP contribution in [0, 0.1) is 0 Å². The van der Waals surface area contributed by atoms with E-state index in [4.69, 9.17) is 4.52 Å². The van der Waals surface area contributed by atoms with Crippen LogP contribution in [0.3, 0.4) is 0 Å². The van der Waals surface area contributed by atoms with E-state index < -0.39 is 17.0 Å². The summed E-state index contributed by atoms with van der Waals surface area (Å²) in [6.45, 7) is 5.11. The first-order chi connectivity index (χ1) is 9.81. The first-order valence-electron chi connectivity index (χ1n) is 6.45. The third-order valence-electron chi connectivity index (χ3n) is 3.04. The lowest BCUT2D eigenvalue weighted by Gasteiger charge is -2.06. The van der Waals surface area contributed by atoms with Gasteiger partial charge in [-0.3, -0.25) is 18.7 Å². The van der Waals surface area contributed by atoms with Crippen molar-refractivity contribution in [1.29, 1.82) is 0 Å². The molecule has 0 radical (unpaired) electrons. The Kier molecular flexibility index (Phi) is 3.88. The summed E-state index contributed by atoms with van der Waals surface area (Å²) >= 11 is 0. The van der Waals surface area contributed by atoms with Crippen molar-refractivity contribution in [2.75, 3.05) is 0 Å². The molecule has 2 aromatic rings. The van der Waals surface area contributed by atoms with Crippen LogP contribution in [-0.2, 0) is 13.6 Å². The molecule has 0 unspecified atom stereocenters. The Morgan fingerprint density at radius 2 is 2.05 bits per heavy atom. The van der Waals surface area contributed by atoms with Crippen molar-refractivity contribution in [3.05, 3.63) is 44.3 Å². The fourth-order valence-corrected chi connectivity index (χ4v) is 1.79. The molecule has 0 amide bonds. The van der Waals surface area contributed by atoms with E-state index in [-0.39, 0.29) is 23.9 Å². The molecule has 0 fully saturated rings. The fraction of sp³-hybridized carbons (Fsp3) is 0.462. The minimum atomic E-state index is -0.614. The number of rotatable bonds is 4. The Hall–Kier alpha value is -2.51. The molecule has 2 rings (SSSR count). The van der Waals surface area contributed by atoms with E-state index in [1.165, 1.54) is 24.7 Å². The standard InChI is InChI=1S/C13H16N4O4/c1-7(2)11-14-10(21-15-11)6-17-5-9(8(3)18)12(19)16(4)13(17)20/h5,7H,6H2,1-4H3. The summed E-state index contributed by atoms with van der Waals surface area (Å²) in [4.78, 5) is 39.5. The predicted octanol–water partition coefficient (Wildman–Crippen LogP) is 0.304. The largest absolute Gasteiger partial charge is 0.337 e. The highest BCUT2D eigenvalue weighted by molar-refractivity contribution is 5.93. The molecule has 21 heavy (non-hydrogen) atoms. The minimum Gasteiger partial charge on any atom is -0.337 e. The molecular weight excluding hydrogens is 276 g/mol. The third-order valence-corrected chi connectivity index (χ3v) is 3.04. The van der Waals surface area contributed by atoms with Gasteiger partial charge in [-0.25, -0.2) is 4.79 Å². The molecule has 0 atom stereocenters. The second kappa shape index (κ2) is 5.47. The van der Waals surface area contributed by atoms with E-state index >= 15 is 0 Å². The molecule has 0 saturated carbocycles. The van der Waals surface area contributed by atoms with E-state index in [0.29, 0.717) is 5.82 Å². The van der Waals surface area contributed by atoms with Crippen LogP contribution >= 0.6 is 0 Å². The number of nitrogens with zero attached hydrogens (tertiary/aromatic N) is 4. The van der Waals surface area contributed by atoms with Gasteiger partial charge in [0.2, 0.25) is 5.89 Å². The van der Waals surface area contributed by atoms with E-state index in [2.05, 4.69) is 10.1 Å². The lowest BCUT2D eigenvalue weighted by molar-refractivity contribution is 0.101. The number of hydrogen-bond acceptors (Lipinski definition) is 6. The number of hydrogen-bond donors (Lipinski definition) is 0. The molecule has 0 N–H and O–H groups in total. The van der Waals surface area contributed by atoms with Gasteiger partial charge in [-0.2, -0.15) is 4.98 Å². The Bertz CT molecular complexity index is 797. The molecule has 0 bridgehead atoms. The average molecular weight is 292 g/mol. The Morgan fingerprint density at radius 3 is 2.57 bits per heavy atom. The second-order valence-electron chi connectivity index (χ2n) is 5.07. The average Bonchev–Trinajstić information content (AvgIpc) is 2.88. The van der Waals surface area contributed by atoms with Gasteiger partial charge < -0.3 is 4.52 Å². The summed E-state index contributed by atoms with van der Waals surface area (Å²) in [5.74, 6) is 0.480. The Balaban J connectivity index is 2.46. The third kappa shape index (κ3) is 2.83. The van der Waals surface area contributed by atoms with Crippen molar-refractivity contribution < 1.29 is 9.32 Å². The number of ketones is 1. The SMILES string of the molecule is CC(=O)c1cn(Cc2nc(C(C)C)no2)c(=O)n(C)c1=O. The molecule has 0 aliphatic rings. The van der Waals surface area contributed by atoms with Crippen molar-refractivity contribution in [1.82, 2.24) is 19.3 Å². The number of Topliss-reactive ketones (excluding diaryl/α,β-unsaturated/α-hetero) is 1. The molecule has 0 aromatic carbocycles. The quantitative estimate of drug-likeness (QED) is 0.752. The topological polar surface area (TPSA) is 100.0 Å². The first kappa shape index (κ1) is 14.9. The van der Waals surface area contributed by atoms with Crippen molar-refractivity contribution >= 4 is 5.78 Å². The molecule has 8 heteroatoms. The summed E-state index contributed by atoms with van der Waals surface area (Å²) < 4.78 is 7.15. The summed E-state index contributed by atoms with van der Waals surface area (Å²) in [5.41, 5.74) is -1.22. The van der Waals surface area contributed by atoms with Crippen molar-refractivity contribution in [3.8, 4) is 0 Å². The van der Waals surface area contributed by atoms with Crippen molar-refractivity contribution in [2.45, 2.75) is 33.2 Å². The maximum absolute atomic E-state index is 12.0. The fourth-order valence-electron chi connectivity index (χ4n) is 1.79. The first-order valence-corrected chi connectivity index (χ1v) is 6.45. The van der Waals surface area contributed by atoms with Crippen LogP contribution in [0.15, 0.2) is 20.3 Å². The zero-order valence-electron chi connectivity index (χ0n) is 12.3. The van der Waals surface area contributed by atoms with Crippen LogP contribution in [0.25, 0.3) is 0 Å². The van der Waals surface area contributed by atoms with Gasteiger partial charge >= 0.3 is 5.69 Å². The summed E-state index contributed by atoms with van der Waals surface area (Å²) in [6, 6.07) is 0. The molecule has 8 nitrogen and oxygen atoms in total. The van der Waals surface area contributed by atoms with Crippen LogP contribution in [0.1, 0.15) is 48.8 Å². The van der Waals surface area contributed by atoms with Gasteiger partial charge in [-0.15, -0.1) is 0 Å². The normalized spacial score (nSPS) is 11.1. The van der Waals surface area contributed by atoms with Crippen LogP contribution in [0.5, 0.6) is 0 Å². The maximum Gasteiger partial charge on any atom is 0.331 e. The molecular formula is C13H16N4O4. The summed E-state index contributed by atoms with van der Waals surface area (Å²) in [5, 5.41) is 3.80. The van der Waals surface area contributed by atoms with Crippen LogP contribution in [0.2, 0.25) is 0 Å². The molecule has 2 aromatic heterocycles. The van der Waals surface area contributed by atoms with Crippen LogP contribution < -0.4 is 11.2 Å². The predicted molar refractivity (Wildman–Crippen MR) is 73.4 cm³/mol. The highest BCUT2D eigenvalue weighted by Gasteiger charge is 2.15. The summed E-state index contributed by atoms with van der Waals surface area (Å²) in [7, 11) is 1.32. The van der Waals surface area contributed by atoms with E-state index in [9.17, 15) is 14.4 Å². The maximum atomic E-state index is 12.0. The molecule has 0 aliphatic carbocycles. The van der Waals surface area contributed by atoms with Gasteiger partial charge in [0, 0.05) is 19.2 Å². The van der Waals surface area contributed by atoms with E-state index in [0.717, 1.165) is 4.57 Å². The van der Waals surface area contributed by atoms with Gasteiger partial charge in [0.15, 0.2) is 11.6 Å². The van der Waals surface area contributed by atoms with E-state index in [1.807, 2.05) is 13.8 Å². The second-order valence-corrected chi connectivity index (χ2v) is 5.07. The van der Waals surface area contributed by atoms with Crippen LogP contribution in [-0.4, -0.2) is 25.1 Å². The zero-order valence-corrected chi connectivity index (χ0v) is 12.3. The van der Waals surface area contributed by atoms with E-state index in [1.54, 1.807) is 0 Å². The monoisotopic (exact) mass is 292 g/mol. The number of carbonyl (C=O) groups is 1. The Labute approximate surface area is 120 Å². The highest BCUT2D eigenvalue weighted by atomic mass is 16.5. The number of carbonyl (C=O) groups excluding carboxylic acids is 1. The minimum absolute atomic E-state index is 0.00690. The van der Waals surface area contributed by atoms with Crippen molar-refractivity contribution in [2.24, 2.45) is 7.05 Å². The summed E-state index contributed by atoms with van der Waals surface area (Å²) in [6.07, 6.45) is 1.23. The zero-order chi connectivity index (χ0) is 15.7. The molecule has 0 saturated heterocycles. The molecule has 112 valence electrons. The highest BCUT2D eigenvalue weighted by Crippen LogP contribution is 2.09. The lowest BCUT2D eigenvalue weighted by Crippen LogP contribution is -2.40. The van der Waals surface area contributed by atoms with Gasteiger partial charge in [-0.1, -0.05) is 19.0 Å². The van der Waals surface area contributed by atoms with Gasteiger partial charge in [0.25, 0.3) is 5.56 Å². The molecule has 0 spiro atoms. The molecule has 2 heterocycles. The lowest BCUT2D eigenvalue weighted by atomic mass is 10.2.